The minimum Gasteiger partial charge on any atom is -0.356 e. The summed E-state index contributed by atoms with van der Waals surface area (Å²) in [6.45, 7) is 8.73. The van der Waals surface area contributed by atoms with E-state index in [1.807, 2.05) is 0 Å². The topological polar surface area (TPSA) is 67.5 Å². The van der Waals surface area contributed by atoms with Crippen molar-refractivity contribution in [3.05, 3.63) is 35.7 Å². The molecule has 2 aromatic rings. The van der Waals surface area contributed by atoms with Gasteiger partial charge in [-0.1, -0.05) is 0 Å². The van der Waals surface area contributed by atoms with Gasteiger partial charge in [-0.05, 0) is 43.7 Å². The molecule has 1 aliphatic rings. The largest absolute Gasteiger partial charge is 0.356 e. The molecule has 1 aromatic heterocycles. The summed E-state index contributed by atoms with van der Waals surface area (Å²) in [5.74, 6) is 0.756. The van der Waals surface area contributed by atoms with Gasteiger partial charge in [-0.25, -0.2) is 27.6 Å². The first-order chi connectivity index (χ1) is 12.4. The van der Waals surface area contributed by atoms with E-state index in [1.54, 1.807) is 0 Å². The van der Waals surface area contributed by atoms with Crippen LogP contribution < -0.4 is 4.90 Å². The maximum Gasteiger partial charge on any atom is 0.222 e. The van der Waals surface area contributed by atoms with Crippen LogP contribution in [0.15, 0.2) is 18.5 Å². The van der Waals surface area contributed by atoms with Gasteiger partial charge in [0.1, 0.15) is 27.8 Å². The fraction of sp³-hybridized carbons (Fsp3) is 0.500. The molecule has 0 bridgehead atoms. The zero-order valence-corrected chi connectivity index (χ0v) is 15.5. The van der Waals surface area contributed by atoms with E-state index in [-0.39, 0.29) is 11.4 Å². The third-order valence-corrected chi connectivity index (χ3v) is 5.78. The summed E-state index contributed by atoms with van der Waals surface area (Å²) >= 11 is 0. The zero-order chi connectivity index (χ0) is 18.7. The molecule has 6 nitrogen and oxygen atoms in total. The second kappa shape index (κ2) is 7.54. The lowest BCUT2D eigenvalue weighted by molar-refractivity contribution is 0.387. The van der Waals surface area contributed by atoms with E-state index < -0.39 is 15.7 Å². The van der Waals surface area contributed by atoms with E-state index in [0.717, 1.165) is 32.4 Å². The molecule has 0 amide bonds. The fourth-order valence-electron chi connectivity index (χ4n) is 3.52. The standard InChI is InChI=1S/C18H21FN4O2S/c1-20-17-9-14-16(10-15(17)19)21-12-22-18(14)23-7-3-5-13(11-23)6-4-8-26(2,24)25/h9-10,12-13H,3-8,11H2,2H3. The first-order valence-corrected chi connectivity index (χ1v) is 10.7. The van der Waals surface area contributed by atoms with Crippen LogP contribution in [0.1, 0.15) is 25.7 Å². The lowest BCUT2D eigenvalue weighted by Crippen LogP contribution is -2.36. The third-order valence-electron chi connectivity index (χ3n) is 4.75. The van der Waals surface area contributed by atoms with Crippen LogP contribution in [0.3, 0.4) is 0 Å². The average Bonchev–Trinajstić information content (AvgIpc) is 2.59. The van der Waals surface area contributed by atoms with Gasteiger partial charge >= 0.3 is 0 Å². The van der Waals surface area contributed by atoms with Gasteiger partial charge in [-0.2, -0.15) is 0 Å². The lowest BCUT2D eigenvalue weighted by Gasteiger charge is -2.34. The Hall–Kier alpha value is -2.27. The highest BCUT2D eigenvalue weighted by molar-refractivity contribution is 7.90. The molecule has 1 fully saturated rings. The quantitative estimate of drug-likeness (QED) is 0.749. The number of anilines is 1. The molecule has 138 valence electrons. The number of halogens is 1. The number of benzene rings is 1. The van der Waals surface area contributed by atoms with Gasteiger partial charge in [-0.3, -0.25) is 0 Å². The summed E-state index contributed by atoms with van der Waals surface area (Å²) in [5, 5.41) is 0.677. The Morgan fingerprint density at radius 3 is 2.92 bits per heavy atom. The molecule has 1 aliphatic heterocycles. The molecule has 1 saturated heterocycles. The van der Waals surface area contributed by atoms with Crippen molar-refractivity contribution in [1.82, 2.24) is 9.97 Å². The van der Waals surface area contributed by atoms with Gasteiger partial charge in [0.2, 0.25) is 5.69 Å². The molecule has 0 saturated carbocycles. The molecule has 0 N–H and O–H groups in total. The summed E-state index contributed by atoms with van der Waals surface area (Å²) in [7, 11) is -2.93. The highest BCUT2D eigenvalue weighted by atomic mass is 32.2. The van der Waals surface area contributed by atoms with E-state index in [4.69, 9.17) is 6.57 Å². The molecule has 1 atom stereocenters. The van der Waals surface area contributed by atoms with Crippen molar-refractivity contribution < 1.29 is 12.8 Å². The number of hydrogen-bond acceptors (Lipinski definition) is 5. The highest BCUT2D eigenvalue weighted by Gasteiger charge is 2.23. The summed E-state index contributed by atoms with van der Waals surface area (Å²) < 4.78 is 36.5. The van der Waals surface area contributed by atoms with Crippen molar-refractivity contribution >= 4 is 32.2 Å². The Morgan fingerprint density at radius 2 is 2.19 bits per heavy atom. The Labute approximate surface area is 152 Å². The maximum absolute atomic E-state index is 13.9. The monoisotopic (exact) mass is 376 g/mol. The van der Waals surface area contributed by atoms with E-state index in [1.165, 1.54) is 24.7 Å². The molecule has 8 heteroatoms. The molecule has 2 heterocycles. The van der Waals surface area contributed by atoms with E-state index in [0.29, 0.717) is 29.1 Å². The smallest absolute Gasteiger partial charge is 0.222 e. The van der Waals surface area contributed by atoms with Gasteiger partial charge < -0.3 is 4.90 Å². The number of fused-ring (bicyclic) bond motifs is 1. The SMILES string of the molecule is [C-]#[N+]c1cc2c(N3CCCC(CCCS(C)(=O)=O)C3)ncnc2cc1F. The van der Waals surface area contributed by atoms with Crippen molar-refractivity contribution in [2.45, 2.75) is 25.7 Å². The molecule has 26 heavy (non-hydrogen) atoms. The van der Waals surface area contributed by atoms with Crippen LogP contribution in [0.2, 0.25) is 0 Å². The Kier molecular flexibility index (Phi) is 5.37. The van der Waals surface area contributed by atoms with Crippen LogP contribution >= 0.6 is 0 Å². The number of sulfone groups is 1. The van der Waals surface area contributed by atoms with Crippen molar-refractivity contribution in [1.29, 1.82) is 0 Å². The zero-order valence-electron chi connectivity index (χ0n) is 14.7. The predicted molar refractivity (Wildman–Crippen MR) is 99.6 cm³/mol. The predicted octanol–water partition coefficient (Wildman–Crippen LogP) is 3.36. The van der Waals surface area contributed by atoms with Crippen molar-refractivity contribution in [2.24, 2.45) is 5.92 Å². The van der Waals surface area contributed by atoms with Gasteiger partial charge in [0.25, 0.3) is 0 Å². The number of piperidine rings is 1. The molecule has 3 rings (SSSR count). The van der Waals surface area contributed by atoms with Crippen LogP contribution in [0.5, 0.6) is 0 Å². The van der Waals surface area contributed by atoms with Gasteiger partial charge in [-0.15, -0.1) is 0 Å². The summed E-state index contributed by atoms with van der Waals surface area (Å²) in [5.41, 5.74) is 0.453. The number of hydrogen-bond donors (Lipinski definition) is 0. The first kappa shape index (κ1) is 18.5. The second-order valence-corrected chi connectivity index (χ2v) is 9.12. The van der Waals surface area contributed by atoms with E-state index in [9.17, 15) is 12.8 Å². The average molecular weight is 376 g/mol. The highest BCUT2D eigenvalue weighted by Crippen LogP contribution is 2.32. The van der Waals surface area contributed by atoms with Crippen molar-refractivity contribution in [2.75, 3.05) is 30.0 Å². The van der Waals surface area contributed by atoms with Crippen LogP contribution in [-0.2, 0) is 9.84 Å². The number of aromatic nitrogens is 2. The summed E-state index contributed by atoms with van der Waals surface area (Å²) in [6, 6.07) is 2.79. The Bertz CT molecular complexity index is 956. The summed E-state index contributed by atoms with van der Waals surface area (Å²) in [6.07, 6.45) is 6.25. The van der Waals surface area contributed by atoms with Gasteiger partial charge in [0.15, 0.2) is 0 Å². The normalized spacial score (nSPS) is 18.0. The van der Waals surface area contributed by atoms with Crippen LogP contribution in [0.25, 0.3) is 15.7 Å². The molecule has 0 radical (unpaired) electrons. The molecular formula is C18H21FN4O2S. The van der Waals surface area contributed by atoms with Gasteiger partial charge in [0.05, 0.1) is 12.1 Å². The molecule has 0 spiro atoms. The fourth-order valence-corrected chi connectivity index (χ4v) is 4.21. The lowest BCUT2D eigenvalue weighted by atomic mass is 9.93. The molecular weight excluding hydrogens is 355 g/mol. The summed E-state index contributed by atoms with van der Waals surface area (Å²) in [4.78, 5) is 13.9. The molecule has 1 unspecified atom stereocenters. The second-order valence-electron chi connectivity index (χ2n) is 6.86. The Morgan fingerprint density at radius 1 is 1.38 bits per heavy atom. The molecule has 0 aliphatic carbocycles. The molecule has 1 aromatic carbocycles. The number of nitrogens with zero attached hydrogens (tertiary/aromatic N) is 4. The minimum absolute atomic E-state index is 0.0322. The number of rotatable bonds is 5. The van der Waals surface area contributed by atoms with Gasteiger partial charge in [0, 0.05) is 30.5 Å². The van der Waals surface area contributed by atoms with Crippen LogP contribution in [-0.4, -0.2) is 43.5 Å². The van der Waals surface area contributed by atoms with Crippen molar-refractivity contribution in [3.8, 4) is 0 Å². The Balaban J connectivity index is 1.81. The van der Waals surface area contributed by atoms with E-state index in [2.05, 4.69) is 19.7 Å². The first-order valence-electron chi connectivity index (χ1n) is 8.62. The minimum atomic E-state index is -2.93. The third kappa shape index (κ3) is 4.28. The van der Waals surface area contributed by atoms with Crippen LogP contribution in [0.4, 0.5) is 15.9 Å². The van der Waals surface area contributed by atoms with Crippen LogP contribution in [0, 0.1) is 18.3 Å². The van der Waals surface area contributed by atoms with Crippen molar-refractivity contribution in [3.63, 3.8) is 0 Å². The van der Waals surface area contributed by atoms with E-state index >= 15 is 0 Å². The maximum atomic E-state index is 13.9.